The van der Waals surface area contributed by atoms with Crippen molar-refractivity contribution < 1.29 is 4.79 Å². The number of aryl methyl sites for hydroxylation is 2. The van der Waals surface area contributed by atoms with Crippen LogP contribution in [0.5, 0.6) is 0 Å². The molecule has 0 radical (unpaired) electrons. The van der Waals surface area contributed by atoms with E-state index in [1.807, 2.05) is 68.4 Å². The van der Waals surface area contributed by atoms with E-state index in [1.165, 1.54) is 11.8 Å². The number of nitrogens with zero attached hydrogens (tertiary/aromatic N) is 2. The summed E-state index contributed by atoms with van der Waals surface area (Å²) in [7, 11) is 0. The van der Waals surface area contributed by atoms with Crippen LogP contribution in [0, 0.1) is 25.2 Å². The Kier molecular flexibility index (Phi) is 7.77. The standard InChI is InChI=1S/C28H21Cl2N3OS/c1-17-7-10-19(11-8-17)26-14-22(21-5-3-4-6-24(21)30)23(15-31)28(33-26)35-16-27(34)32-25-13-20(29)12-9-18(25)2/h3-14H,16H2,1-2H3,(H,32,34). The molecule has 3 aromatic carbocycles. The normalized spacial score (nSPS) is 10.6. The van der Waals surface area contributed by atoms with Crippen LogP contribution in [0.2, 0.25) is 10.0 Å². The molecule has 174 valence electrons. The Morgan fingerprint density at radius 3 is 2.46 bits per heavy atom. The number of carbonyl (C=O) groups excluding carboxylic acids is 1. The number of rotatable bonds is 6. The van der Waals surface area contributed by atoms with Gasteiger partial charge < -0.3 is 5.32 Å². The van der Waals surface area contributed by atoms with E-state index < -0.39 is 0 Å². The fourth-order valence-electron chi connectivity index (χ4n) is 3.55. The van der Waals surface area contributed by atoms with Crippen LogP contribution in [0.1, 0.15) is 16.7 Å². The SMILES string of the molecule is Cc1ccc(-c2cc(-c3ccccc3Cl)c(C#N)c(SCC(=O)Nc3cc(Cl)ccc3C)n2)cc1. The summed E-state index contributed by atoms with van der Waals surface area (Å²) < 4.78 is 0. The Morgan fingerprint density at radius 1 is 1.00 bits per heavy atom. The molecule has 1 aromatic heterocycles. The van der Waals surface area contributed by atoms with E-state index in [0.717, 1.165) is 22.3 Å². The summed E-state index contributed by atoms with van der Waals surface area (Å²) in [5.74, 6) is -0.140. The van der Waals surface area contributed by atoms with Gasteiger partial charge in [-0.15, -0.1) is 0 Å². The zero-order valence-electron chi connectivity index (χ0n) is 19.1. The number of aromatic nitrogens is 1. The van der Waals surface area contributed by atoms with E-state index in [0.29, 0.717) is 37.6 Å². The summed E-state index contributed by atoms with van der Waals surface area (Å²) >= 11 is 13.8. The highest BCUT2D eigenvalue weighted by Gasteiger charge is 2.18. The number of thioether (sulfide) groups is 1. The van der Waals surface area contributed by atoms with Crippen LogP contribution in [0.3, 0.4) is 0 Å². The van der Waals surface area contributed by atoms with Crippen LogP contribution in [0.25, 0.3) is 22.4 Å². The molecule has 4 aromatic rings. The van der Waals surface area contributed by atoms with E-state index >= 15 is 0 Å². The lowest BCUT2D eigenvalue weighted by Gasteiger charge is -2.14. The first kappa shape index (κ1) is 24.8. The lowest BCUT2D eigenvalue weighted by molar-refractivity contribution is -0.113. The molecule has 0 aliphatic rings. The van der Waals surface area contributed by atoms with Gasteiger partial charge in [-0.2, -0.15) is 5.26 Å². The fraction of sp³-hybridized carbons (Fsp3) is 0.107. The quantitative estimate of drug-likeness (QED) is 0.263. The van der Waals surface area contributed by atoms with Gasteiger partial charge in [-0.25, -0.2) is 4.98 Å². The van der Waals surface area contributed by atoms with Crippen molar-refractivity contribution in [2.45, 2.75) is 18.9 Å². The minimum Gasteiger partial charge on any atom is -0.325 e. The van der Waals surface area contributed by atoms with Crippen molar-refractivity contribution in [1.82, 2.24) is 4.98 Å². The number of anilines is 1. The Labute approximate surface area is 218 Å². The molecule has 4 nitrogen and oxygen atoms in total. The molecule has 0 atom stereocenters. The monoisotopic (exact) mass is 517 g/mol. The van der Waals surface area contributed by atoms with Gasteiger partial charge >= 0.3 is 0 Å². The van der Waals surface area contributed by atoms with Crippen molar-refractivity contribution >= 4 is 46.6 Å². The number of nitrogens with one attached hydrogen (secondary N) is 1. The molecule has 1 amide bonds. The van der Waals surface area contributed by atoms with Crippen molar-refractivity contribution in [3.05, 3.63) is 99.5 Å². The molecule has 1 heterocycles. The summed E-state index contributed by atoms with van der Waals surface area (Å²) in [6.45, 7) is 3.92. The lowest BCUT2D eigenvalue weighted by atomic mass is 9.99. The predicted molar refractivity (Wildman–Crippen MR) is 145 cm³/mol. The largest absolute Gasteiger partial charge is 0.325 e. The van der Waals surface area contributed by atoms with Gasteiger partial charge in [0.1, 0.15) is 11.1 Å². The van der Waals surface area contributed by atoms with Gasteiger partial charge in [0.25, 0.3) is 0 Å². The number of amides is 1. The van der Waals surface area contributed by atoms with Gasteiger partial charge in [0.15, 0.2) is 0 Å². The summed E-state index contributed by atoms with van der Waals surface area (Å²) in [5, 5.41) is 14.5. The van der Waals surface area contributed by atoms with E-state index in [4.69, 9.17) is 28.2 Å². The maximum absolute atomic E-state index is 12.7. The van der Waals surface area contributed by atoms with E-state index in [-0.39, 0.29) is 11.7 Å². The Morgan fingerprint density at radius 2 is 1.74 bits per heavy atom. The van der Waals surface area contributed by atoms with Crippen LogP contribution in [0.15, 0.2) is 77.8 Å². The Bertz CT molecular complexity index is 1450. The maximum atomic E-state index is 12.7. The smallest absolute Gasteiger partial charge is 0.234 e. The number of carbonyl (C=O) groups is 1. The Hall–Kier alpha value is -3.30. The molecule has 0 aliphatic heterocycles. The second-order valence-electron chi connectivity index (χ2n) is 7.99. The minimum atomic E-state index is -0.217. The van der Waals surface area contributed by atoms with Crippen molar-refractivity contribution in [3.8, 4) is 28.5 Å². The molecule has 0 fully saturated rings. The van der Waals surface area contributed by atoms with E-state index in [2.05, 4.69) is 11.4 Å². The second kappa shape index (κ2) is 11.0. The lowest BCUT2D eigenvalue weighted by Crippen LogP contribution is -2.15. The van der Waals surface area contributed by atoms with Crippen molar-refractivity contribution in [2.24, 2.45) is 0 Å². The van der Waals surface area contributed by atoms with Gasteiger partial charge in [0.05, 0.1) is 17.0 Å². The molecule has 0 saturated carbocycles. The summed E-state index contributed by atoms with van der Waals surface area (Å²) in [6, 6.07) is 24.9. The molecule has 0 saturated heterocycles. The highest BCUT2D eigenvalue weighted by atomic mass is 35.5. The first-order valence-electron chi connectivity index (χ1n) is 10.8. The molecule has 4 rings (SSSR count). The minimum absolute atomic E-state index is 0.0763. The van der Waals surface area contributed by atoms with Crippen molar-refractivity contribution in [1.29, 1.82) is 5.26 Å². The second-order valence-corrected chi connectivity index (χ2v) is 9.80. The average molecular weight is 518 g/mol. The molecule has 7 heteroatoms. The molecular weight excluding hydrogens is 497 g/mol. The Balaban J connectivity index is 1.71. The first-order chi connectivity index (χ1) is 16.9. The van der Waals surface area contributed by atoms with Gasteiger partial charge in [-0.05, 0) is 43.7 Å². The van der Waals surface area contributed by atoms with Crippen LogP contribution in [0.4, 0.5) is 5.69 Å². The van der Waals surface area contributed by atoms with E-state index in [1.54, 1.807) is 18.2 Å². The number of benzene rings is 3. The van der Waals surface area contributed by atoms with Crippen molar-refractivity contribution in [2.75, 3.05) is 11.1 Å². The number of pyridine rings is 1. The van der Waals surface area contributed by atoms with Crippen LogP contribution in [-0.2, 0) is 4.79 Å². The van der Waals surface area contributed by atoms with Gasteiger partial charge in [0, 0.05) is 32.4 Å². The number of nitriles is 1. The number of halogens is 2. The molecule has 35 heavy (non-hydrogen) atoms. The van der Waals surface area contributed by atoms with E-state index in [9.17, 15) is 10.1 Å². The average Bonchev–Trinajstić information content (AvgIpc) is 2.85. The highest BCUT2D eigenvalue weighted by Crippen LogP contribution is 2.37. The molecular formula is C28H21Cl2N3OS. The topological polar surface area (TPSA) is 65.8 Å². The molecule has 0 bridgehead atoms. The van der Waals surface area contributed by atoms with Gasteiger partial charge in [-0.1, -0.05) is 89.1 Å². The van der Waals surface area contributed by atoms with Crippen LogP contribution in [-0.4, -0.2) is 16.6 Å². The molecule has 0 aliphatic carbocycles. The summed E-state index contributed by atoms with van der Waals surface area (Å²) in [4.78, 5) is 17.5. The van der Waals surface area contributed by atoms with Crippen LogP contribution >= 0.6 is 35.0 Å². The molecule has 1 N–H and O–H groups in total. The molecule has 0 spiro atoms. The fourth-order valence-corrected chi connectivity index (χ4v) is 4.76. The third-order valence-corrected chi connectivity index (χ3v) is 6.96. The highest BCUT2D eigenvalue weighted by molar-refractivity contribution is 8.00. The molecule has 0 unspecified atom stereocenters. The first-order valence-corrected chi connectivity index (χ1v) is 12.6. The third kappa shape index (κ3) is 5.86. The third-order valence-electron chi connectivity index (χ3n) is 5.42. The number of hydrogen-bond donors (Lipinski definition) is 1. The van der Waals surface area contributed by atoms with Gasteiger partial charge in [-0.3, -0.25) is 4.79 Å². The van der Waals surface area contributed by atoms with Crippen LogP contribution < -0.4 is 5.32 Å². The predicted octanol–water partition coefficient (Wildman–Crippen LogP) is 7.94. The van der Waals surface area contributed by atoms with Gasteiger partial charge in [0.2, 0.25) is 5.91 Å². The van der Waals surface area contributed by atoms with Crippen molar-refractivity contribution in [3.63, 3.8) is 0 Å². The number of hydrogen-bond acceptors (Lipinski definition) is 4. The maximum Gasteiger partial charge on any atom is 0.234 e. The zero-order valence-corrected chi connectivity index (χ0v) is 21.4. The zero-order chi connectivity index (χ0) is 24.9. The summed E-state index contributed by atoms with van der Waals surface area (Å²) in [6.07, 6.45) is 0. The summed E-state index contributed by atoms with van der Waals surface area (Å²) in [5.41, 5.74) is 6.11.